The molecule has 2 aromatic rings. The van der Waals surface area contributed by atoms with Crippen LogP contribution < -0.4 is 11.1 Å². The number of thiophene rings is 1. The van der Waals surface area contributed by atoms with Crippen molar-refractivity contribution in [1.82, 2.24) is 0 Å². The van der Waals surface area contributed by atoms with E-state index in [0.717, 1.165) is 16.9 Å². The summed E-state index contributed by atoms with van der Waals surface area (Å²) in [6.45, 7) is 3.47. The Morgan fingerprint density at radius 1 is 1.26 bits per heavy atom. The summed E-state index contributed by atoms with van der Waals surface area (Å²) in [5.41, 5.74) is 6.98. The molecule has 3 N–H and O–H groups in total. The highest BCUT2D eigenvalue weighted by Gasteiger charge is 2.25. The number of ether oxygens (including phenoxy) is 1. The summed E-state index contributed by atoms with van der Waals surface area (Å²) >= 11 is 8.25. The predicted octanol–water partition coefficient (Wildman–Crippen LogP) is 3.86. The Balaban J connectivity index is 2.05. The van der Waals surface area contributed by atoms with Crippen LogP contribution in [0.4, 0.5) is 5.00 Å². The fourth-order valence-electron chi connectivity index (χ4n) is 2.29. The van der Waals surface area contributed by atoms with Crippen molar-refractivity contribution in [2.24, 2.45) is 5.73 Å². The lowest BCUT2D eigenvalue weighted by Crippen LogP contribution is -2.16. The molecular weight excluding hydrogens is 408 g/mol. The number of carbonyl (C=O) groups excluding carboxylic acids is 3. The molecule has 0 radical (unpaired) electrons. The lowest BCUT2D eigenvalue weighted by atomic mass is 10.1. The molecule has 0 aliphatic rings. The standard InChI is InChI=1S/C18H19ClN2O4S2/c1-3-25-18(24)14-10(2)15(16(20)23)27-17(14)21-13(22)9-26-8-11-4-6-12(19)7-5-11/h4-7H,3,8-9H2,1-2H3,(H2,20,23)(H,21,22). The van der Waals surface area contributed by atoms with Gasteiger partial charge in [0.15, 0.2) is 0 Å². The van der Waals surface area contributed by atoms with Gasteiger partial charge < -0.3 is 15.8 Å². The second-order valence-corrected chi connectivity index (χ2v) is 7.96. The average molecular weight is 427 g/mol. The fourth-order valence-corrected chi connectivity index (χ4v) is 4.27. The summed E-state index contributed by atoms with van der Waals surface area (Å²) < 4.78 is 5.02. The highest BCUT2D eigenvalue weighted by molar-refractivity contribution is 7.99. The molecule has 1 heterocycles. The number of hydrogen-bond donors (Lipinski definition) is 2. The third-order valence-electron chi connectivity index (χ3n) is 3.52. The number of thioether (sulfide) groups is 1. The smallest absolute Gasteiger partial charge is 0.341 e. The molecule has 1 aromatic heterocycles. The van der Waals surface area contributed by atoms with Gasteiger partial charge in [0.25, 0.3) is 5.91 Å². The molecule has 0 aliphatic carbocycles. The van der Waals surface area contributed by atoms with Crippen LogP contribution in [0, 0.1) is 6.92 Å². The van der Waals surface area contributed by atoms with Crippen LogP contribution in [0.2, 0.25) is 5.02 Å². The first-order chi connectivity index (χ1) is 12.8. The Labute approximate surface area is 170 Å². The van der Waals surface area contributed by atoms with Crippen molar-refractivity contribution < 1.29 is 19.1 Å². The van der Waals surface area contributed by atoms with Gasteiger partial charge in [-0.15, -0.1) is 23.1 Å². The molecule has 0 aliphatic heterocycles. The zero-order valence-corrected chi connectivity index (χ0v) is 17.2. The molecule has 2 rings (SSSR count). The lowest BCUT2D eigenvalue weighted by Gasteiger charge is -2.07. The second kappa shape index (κ2) is 9.77. The number of hydrogen-bond acceptors (Lipinski definition) is 6. The number of primary amides is 1. The molecular formula is C18H19ClN2O4S2. The van der Waals surface area contributed by atoms with E-state index in [2.05, 4.69) is 5.32 Å². The van der Waals surface area contributed by atoms with Crippen molar-refractivity contribution in [2.45, 2.75) is 19.6 Å². The first kappa shape index (κ1) is 21.3. The molecule has 0 atom stereocenters. The number of anilines is 1. The quantitative estimate of drug-likeness (QED) is 0.624. The van der Waals surface area contributed by atoms with Crippen molar-refractivity contribution in [3.05, 3.63) is 50.9 Å². The van der Waals surface area contributed by atoms with Gasteiger partial charge in [-0.1, -0.05) is 23.7 Å². The van der Waals surface area contributed by atoms with Crippen molar-refractivity contribution in [3.63, 3.8) is 0 Å². The summed E-state index contributed by atoms with van der Waals surface area (Å²) in [4.78, 5) is 36.2. The molecule has 144 valence electrons. The summed E-state index contributed by atoms with van der Waals surface area (Å²) in [7, 11) is 0. The molecule has 27 heavy (non-hydrogen) atoms. The molecule has 6 nitrogen and oxygen atoms in total. The van der Waals surface area contributed by atoms with E-state index in [1.165, 1.54) is 11.8 Å². The van der Waals surface area contributed by atoms with Gasteiger partial charge in [0.1, 0.15) is 5.00 Å². The molecule has 0 saturated carbocycles. The Bertz CT molecular complexity index is 850. The van der Waals surface area contributed by atoms with Gasteiger partial charge in [-0.3, -0.25) is 9.59 Å². The SMILES string of the molecule is CCOC(=O)c1c(NC(=O)CSCc2ccc(Cl)cc2)sc(C(N)=O)c1C. The van der Waals surface area contributed by atoms with Crippen LogP contribution >= 0.6 is 34.7 Å². The number of nitrogens with one attached hydrogen (secondary N) is 1. The maximum absolute atomic E-state index is 12.3. The topological polar surface area (TPSA) is 98.5 Å². The molecule has 0 unspecified atom stereocenters. The van der Waals surface area contributed by atoms with E-state index in [4.69, 9.17) is 22.1 Å². The van der Waals surface area contributed by atoms with E-state index in [1.807, 2.05) is 12.1 Å². The molecule has 2 amide bonds. The van der Waals surface area contributed by atoms with Crippen LogP contribution in [0.25, 0.3) is 0 Å². The van der Waals surface area contributed by atoms with Gasteiger partial charge >= 0.3 is 5.97 Å². The van der Waals surface area contributed by atoms with Crippen LogP contribution in [-0.2, 0) is 15.3 Å². The van der Waals surface area contributed by atoms with E-state index >= 15 is 0 Å². The van der Waals surface area contributed by atoms with Gasteiger partial charge in [-0.2, -0.15) is 0 Å². The minimum absolute atomic E-state index is 0.173. The lowest BCUT2D eigenvalue weighted by molar-refractivity contribution is -0.113. The van der Waals surface area contributed by atoms with Crippen molar-refractivity contribution in [3.8, 4) is 0 Å². The molecule has 0 fully saturated rings. The number of esters is 1. The maximum atomic E-state index is 12.3. The first-order valence-electron chi connectivity index (χ1n) is 8.05. The monoisotopic (exact) mass is 426 g/mol. The average Bonchev–Trinajstić information content (AvgIpc) is 2.93. The van der Waals surface area contributed by atoms with Crippen molar-refractivity contribution in [1.29, 1.82) is 0 Å². The van der Waals surface area contributed by atoms with Crippen LogP contribution in [-0.4, -0.2) is 30.1 Å². The van der Waals surface area contributed by atoms with Crippen LogP contribution in [0.15, 0.2) is 24.3 Å². The summed E-state index contributed by atoms with van der Waals surface area (Å²) in [5, 5.41) is 3.62. The Kier molecular flexibility index (Phi) is 7.70. The number of rotatable bonds is 8. The summed E-state index contributed by atoms with van der Waals surface area (Å²) in [6.07, 6.45) is 0. The number of amides is 2. The van der Waals surface area contributed by atoms with E-state index in [-0.39, 0.29) is 33.7 Å². The Morgan fingerprint density at radius 2 is 1.93 bits per heavy atom. The van der Waals surface area contributed by atoms with E-state index < -0.39 is 11.9 Å². The number of carbonyl (C=O) groups is 3. The maximum Gasteiger partial charge on any atom is 0.341 e. The number of benzene rings is 1. The van der Waals surface area contributed by atoms with Crippen molar-refractivity contribution >= 4 is 57.5 Å². The molecule has 1 aromatic carbocycles. The number of halogens is 1. The van der Waals surface area contributed by atoms with E-state index in [0.29, 0.717) is 16.3 Å². The zero-order valence-electron chi connectivity index (χ0n) is 14.8. The normalized spacial score (nSPS) is 10.5. The van der Waals surface area contributed by atoms with Gasteiger partial charge in [-0.25, -0.2) is 4.79 Å². The zero-order chi connectivity index (χ0) is 20.0. The van der Waals surface area contributed by atoms with Gasteiger partial charge in [-0.05, 0) is 37.1 Å². The molecule has 0 spiro atoms. The Morgan fingerprint density at radius 3 is 2.52 bits per heavy atom. The molecule has 0 saturated heterocycles. The predicted molar refractivity (Wildman–Crippen MR) is 110 cm³/mol. The van der Waals surface area contributed by atoms with Gasteiger partial charge in [0.2, 0.25) is 5.91 Å². The van der Waals surface area contributed by atoms with Gasteiger partial charge in [0.05, 0.1) is 22.8 Å². The van der Waals surface area contributed by atoms with E-state index in [1.54, 1.807) is 26.0 Å². The van der Waals surface area contributed by atoms with Crippen LogP contribution in [0.5, 0.6) is 0 Å². The number of nitrogens with two attached hydrogens (primary N) is 1. The minimum Gasteiger partial charge on any atom is -0.462 e. The highest BCUT2D eigenvalue weighted by atomic mass is 35.5. The highest BCUT2D eigenvalue weighted by Crippen LogP contribution is 2.33. The molecule has 9 heteroatoms. The first-order valence-corrected chi connectivity index (χ1v) is 10.4. The van der Waals surface area contributed by atoms with Crippen molar-refractivity contribution in [2.75, 3.05) is 17.7 Å². The third-order valence-corrected chi connectivity index (χ3v) is 6.00. The minimum atomic E-state index is -0.652. The molecule has 0 bridgehead atoms. The van der Waals surface area contributed by atoms with Crippen LogP contribution in [0.1, 0.15) is 38.1 Å². The van der Waals surface area contributed by atoms with Gasteiger partial charge in [0, 0.05) is 10.8 Å². The fraction of sp³-hybridized carbons (Fsp3) is 0.278. The Hall–Kier alpha value is -2.03. The summed E-state index contributed by atoms with van der Waals surface area (Å²) in [5.74, 6) is -0.695. The third kappa shape index (κ3) is 5.72. The second-order valence-electron chi connectivity index (χ2n) is 5.51. The largest absolute Gasteiger partial charge is 0.462 e. The summed E-state index contributed by atoms with van der Waals surface area (Å²) in [6, 6.07) is 7.38. The van der Waals surface area contributed by atoms with Crippen LogP contribution in [0.3, 0.4) is 0 Å². The van der Waals surface area contributed by atoms with E-state index in [9.17, 15) is 14.4 Å².